The molecule has 1 heterocycles. The van der Waals surface area contributed by atoms with Gasteiger partial charge in [-0.25, -0.2) is 0 Å². The van der Waals surface area contributed by atoms with Crippen LogP contribution >= 0.6 is 11.6 Å². The number of benzene rings is 2. The largest absolute Gasteiger partial charge is 0.397 e. The molecule has 3 heteroatoms. The van der Waals surface area contributed by atoms with Gasteiger partial charge >= 0.3 is 0 Å². The van der Waals surface area contributed by atoms with Crippen molar-refractivity contribution < 1.29 is 0 Å². The third kappa shape index (κ3) is 2.04. The Labute approximate surface area is 116 Å². The van der Waals surface area contributed by atoms with Crippen LogP contribution in [0.5, 0.6) is 0 Å². The molecule has 0 amide bonds. The number of nitrogens with two attached hydrogens (primary N) is 1. The fourth-order valence-electron chi connectivity index (χ4n) is 2.35. The first-order valence-corrected chi connectivity index (χ1v) is 6.44. The lowest BCUT2D eigenvalue weighted by atomic mass is 9.99. The molecule has 0 atom stereocenters. The highest BCUT2D eigenvalue weighted by molar-refractivity contribution is 6.36. The predicted molar refractivity (Wildman–Crippen MR) is 81.3 cm³/mol. The highest BCUT2D eigenvalue weighted by Crippen LogP contribution is 2.33. The van der Waals surface area contributed by atoms with Crippen molar-refractivity contribution >= 4 is 28.1 Å². The lowest BCUT2D eigenvalue weighted by Gasteiger charge is -2.10. The number of anilines is 1. The summed E-state index contributed by atoms with van der Waals surface area (Å²) in [5.74, 6) is 0. The Kier molecular flexibility index (Phi) is 2.88. The Morgan fingerprint density at radius 1 is 1.05 bits per heavy atom. The van der Waals surface area contributed by atoms with Crippen LogP contribution in [-0.4, -0.2) is 4.98 Å². The number of hydrogen-bond donors (Lipinski definition) is 1. The standard InChI is InChI=1S/C16H13ClN2/c1-10-8-11(18)9-19-16(10)14-6-7-15(17)13-5-3-2-4-12(13)14/h2-9H,18H2,1H3. The van der Waals surface area contributed by atoms with Crippen molar-refractivity contribution in [2.75, 3.05) is 5.73 Å². The van der Waals surface area contributed by atoms with Gasteiger partial charge in [0.15, 0.2) is 0 Å². The van der Waals surface area contributed by atoms with Gasteiger partial charge in [-0.2, -0.15) is 0 Å². The van der Waals surface area contributed by atoms with Gasteiger partial charge in [0.05, 0.1) is 17.6 Å². The molecule has 0 saturated heterocycles. The maximum Gasteiger partial charge on any atom is 0.0739 e. The van der Waals surface area contributed by atoms with E-state index in [4.69, 9.17) is 17.3 Å². The van der Waals surface area contributed by atoms with E-state index in [-0.39, 0.29) is 0 Å². The maximum atomic E-state index is 6.24. The predicted octanol–water partition coefficient (Wildman–Crippen LogP) is 4.45. The number of pyridine rings is 1. The summed E-state index contributed by atoms with van der Waals surface area (Å²) >= 11 is 6.24. The lowest BCUT2D eigenvalue weighted by Crippen LogP contribution is -1.93. The smallest absolute Gasteiger partial charge is 0.0739 e. The number of aryl methyl sites for hydroxylation is 1. The zero-order valence-corrected chi connectivity index (χ0v) is 11.3. The van der Waals surface area contributed by atoms with E-state index >= 15 is 0 Å². The van der Waals surface area contributed by atoms with Gasteiger partial charge in [-0.05, 0) is 30.0 Å². The van der Waals surface area contributed by atoms with Crippen LogP contribution in [0.1, 0.15) is 5.56 Å². The molecule has 0 aliphatic heterocycles. The van der Waals surface area contributed by atoms with Crippen LogP contribution in [0, 0.1) is 6.92 Å². The first-order chi connectivity index (χ1) is 9.16. The number of nitrogens with zero attached hydrogens (tertiary/aromatic N) is 1. The number of hydrogen-bond acceptors (Lipinski definition) is 2. The second-order valence-electron chi connectivity index (χ2n) is 4.57. The quantitative estimate of drug-likeness (QED) is 0.708. The molecule has 0 fully saturated rings. The average molecular weight is 269 g/mol. The van der Waals surface area contributed by atoms with Crippen molar-refractivity contribution in [3.8, 4) is 11.3 Å². The molecular formula is C16H13ClN2. The third-order valence-electron chi connectivity index (χ3n) is 3.23. The number of aromatic nitrogens is 1. The summed E-state index contributed by atoms with van der Waals surface area (Å²) in [6.07, 6.45) is 1.69. The van der Waals surface area contributed by atoms with Crippen LogP contribution in [0.15, 0.2) is 48.7 Å². The van der Waals surface area contributed by atoms with Gasteiger partial charge in [0, 0.05) is 16.0 Å². The van der Waals surface area contributed by atoms with Crippen LogP contribution in [0.2, 0.25) is 5.02 Å². The SMILES string of the molecule is Cc1cc(N)cnc1-c1ccc(Cl)c2ccccc12. The molecule has 0 saturated carbocycles. The Morgan fingerprint density at radius 3 is 2.53 bits per heavy atom. The van der Waals surface area contributed by atoms with Gasteiger partial charge in [0.25, 0.3) is 0 Å². The topological polar surface area (TPSA) is 38.9 Å². The minimum atomic E-state index is 0.680. The van der Waals surface area contributed by atoms with E-state index in [0.29, 0.717) is 5.69 Å². The van der Waals surface area contributed by atoms with Gasteiger partial charge < -0.3 is 5.73 Å². The molecule has 0 radical (unpaired) electrons. The van der Waals surface area contributed by atoms with Crippen molar-refractivity contribution in [1.29, 1.82) is 0 Å². The molecule has 0 unspecified atom stereocenters. The normalized spacial score (nSPS) is 10.8. The second-order valence-corrected chi connectivity index (χ2v) is 4.98. The fourth-order valence-corrected chi connectivity index (χ4v) is 2.58. The summed E-state index contributed by atoms with van der Waals surface area (Å²) in [5.41, 5.74) is 9.53. The van der Waals surface area contributed by atoms with Crippen molar-refractivity contribution in [3.05, 3.63) is 59.2 Å². The van der Waals surface area contributed by atoms with E-state index in [1.54, 1.807) is 6.20 Å². The van der Waals surface area contributed by atoms with E-state index in [2.05, 4.69) is 11.1 Å². The van der Waals surface area contributed by atoms with Crippen molar-refractivity contribution in [2.24, 2.45) is 0 Å². The zero-order valence-electron chi connectivity index (χ0n) is 10.5. The Morgan fingerprint density at radius 2 is 1.79 bits per heavy atom. The van der Waals surface area contributed by atoms with E-state index in [1.165, 1.54) is 0 Å². The minimum Gasteiger partial charge on any atom is -0.397 e. The van der Waals surface area contributed by atoms with Crippen molar-refractivity contribution in [2.45, 2.75) is 6.92 Å². The van der Waals surface area contributed by atoms with Crippen molar-refractivity contribution in [1.82, 2.24) is 4.98 Å². The Balaban J connectivity index is 2.34. The number of halogens is 1. The zero-order chi connectivity index (χ0) is 13.4. The molecule has 3 aromatic rings. The highest BCUT2D eigenvalue weighted by atomic mass is 35.5. The van der Waals surface area contributed by atoms with Gasteiger partial charge in [-0.3, -0.25) is 4.98 Å². The van der Waals surface area contributed by atoms with Gasteiger partial charge in [0.1, 0.15) is 0 Å². The summed E-state index contributed by atoms with van der Waals surface area (Å²) < 4.78 is 0. The molecule has 19 heavy (non-hydrogen) atoms. The summed E-state index contributed by atoms with van der Waals surface area (Å²) in [4.78, 5) is 4.46. The summed E-state index contributed by atoms with van der Waals surface area (Å²) in [6.45, 7) is 2.02. The summed E-state index contributed by atoms with van der Waals surface area (Å²) in [5, 5.41) is 2.91. The Bertz CT molecular complexity index is 766. The van der Waals surface area contributed by atoms with E-state index in [1.807, 2.05) is 43.3 Å². The van der Waals surface area contributed by atoms with E-state index < -0.39 is 0 Å². The molecular weight excluding hydrogens is 256 g/mol. The van der Waals surface area contributed by atoms with E-state index in [0.717, 1.165) is 32.6 Å². The molecule has 0 spiro atoms. The van der Waals surface area contributed by atoms with E-state index in [9.17, 15) is 0 Å². The molecule has 2 aromatic carbocycles. The molecule has 2 N–H and O–H groups in total. The monoisotopic (exact) mass is 268 g/mol. The average Bonchev–Trinajstić information content (AvgIpc) is 2.41. The summed E-state index contributed by atoms with van der Waals surface area (Å²) in [6, 6.07) is 13.9. The molecule has 3 rings (SSSR count). The van der Waals surface area contributed by atoms with Gasteiger partial charge in [0.2, 0.25) is 0 Å². The fraction of sp³-hybridized carbons (Fsp3) is 0.0625. The Hall–Kier alpha value is -2.06. The van der Waals surface area contributed by atoms with Crippen LogP contribution in [0.3, 0.4) is 0 Å². The molecule has 2 nitrogen and oxygen atoms in total. The number of fused-ring (bicyclic) bond motifs is 1. The van der Waals surface area contributed by atoms with Crippen LogP contribution in [0.4, 0.5) is 5.69 Å². The second kappa shape index (κ2) is 4.56. The first-order valence-electron chi connectivity index (χ1n) is 6.06. The van der Waals surface area contributed by atoms with Crippen molar-refractivity contribution in [3.63, 3.8) is 0 Å². The van der Waals surface area contributed by atoms with Crippen LogP contribution < -0.4 is 5.73 Å². The van der Waals surface area contributed by atoms with Crippen LogP contribution in [-0.2, 0) is 0 Å². The number of nitrogen functional groups attached to an aromatic ring is 1. The molecule has 0 aliphatic carbocycles. The molecule has 0 bridgehead atoms. The third-order valence-corrected chi connectivity index (χ3v) is 3.55. The maximum absolute atomic E-state index is 6.24. The lowest BCUT2D eigenvalue weighted by molar-refractivity contribution is 1.28. The first kappa shape index (κ1) is 12.0. The van der Waals surface area contributed by atoms with Gasteiger partial charge in [-0.1, -0.05) is 41.9 Å². The summed E-state index contributed by atoms with van der Waals surface area (Å²) in [7, 11) is 0. The molecule has 94 valence electrons. The van der Waals surface area contributed by atoms with Gasteiger partial charge in [-0.15, -0.1) is 0 Å². The molecule has 1 aromatic heterocycles. The highest BCUT2D eigenvalue weighted by Gasteiger charge is 2.09. The molecule has 0 aliphatic rings. The van der Waals surface area contributed by atoms with Crippen LogP contribution in [0.25, 0.3) is 22.0 Å². The minimum absolute atomic E-state index is 0.680. The number of rotatable bonds is 1.